The number of carbonyl (C=O) groups is 1. The van der Waals surface area contributed by atoms with Gasteiger partial charge in [-0.05, 0) is 47.5 Å². The normalized spacial score (nSPS) is 11.5. The summed E-state index contributed by atoms with van der Waals surface area (Å²) >= 11 is 0. The first-order valence-electron chi connectivity index (χ1n) is 8.39. The van der Waals surface area contributed by atoms with Gasteiger partial charge < -0.3 is 5.11 Å². The van der Waals surface area contributed by atoms with Gasteiger partial charge in [0.15, 0.2) is 0 Å². The molecule has 27 heavy (non-hydrogen) atoms. The first-order chi connectivity index (χ1) is 12.9. The molecule has 0 radical (unpaired) electrons. The van der Waals surface area contributed by atoms with Crippen molar-refractivity contribution in [3.05, 3.63) is 72.0 Å². The van der Waals surface area contributed by atoms with Crippen LogP contribution in [0.1, 0.15) is 23.7 Å². The summed E-state index contributed by atoms with van der Waals surface area (Å²) in [5.41, 5.74) is 0.0135. The van der Waals surface area contributed by atoms with Crippen LogP contribution in [0, 0.1) is 5.82 Å². The summed E-state index contributed by atoms with van der Waals surface area (Å²) in [6.45, 7) is 1.90. The predicted octanol–water partition coefficient (Wildman–Crippen LogP) is 4.28. The number of anilines is 1. The lowest BCUT2D eigenvalue weighted by Gasteiger charge is -2.26. The van der Waals surface area contributed by atoms with E-state index < -0.39 is 21.8 Å². The summed E-state index contributed by atoms with van der Waals surface area (Å²) in [7, 11) is -4.05. The Morgan fingerprint density at radius 1 is 1.04 bits per heavy atom. The van der Waals surface area contributed by atoms with Crippen LogP contribution < -0.4 is 4.31 Å². The minimum absolute atomic E-state index is 0.0766. The van der Waals surface area contributed by atoms with E-state index in [4.69, 9.17) is 0 Å². The molecule has 0 unspecified atom stereocenters. The molecule has 0 aliphatic heterocycles. The molecule has 0 aliphatic carbocycles. The summed E-state index contributed by atoms with van der Waals surface area (Å²) in [5, 5.41) is 10.9. The molecule has 140 valence electrons. The number of hydrogen-bond acceptors (Lipinski definition) is 3. The van der Waals surface area contributed by atoms with Crippen LogP contribution in [0.4, 0.5) is 10.1 Å². The molecule has 5 nitrogen and oxygen atoms in total. The second-order valence-corrected chi connectivity index (χ2v) is 7.88. The minimum Gasteiger partial charge on any atom is -0.478 e. The summed E-state index contributed by atoms with van der Waals surface area (Å²) in [6, 6.07) is 14.6. The average molecular weight is 387 g/mol. The minimum atomic E-state index is -4.05. The van der Waals surface area contributed by atoms with Gasteiger partial charge in [-0.3, -0.25) is 4.31 Å². The molecule has 3 aromatic carbocycles. The van der Waals surface area contributed by atoms with Gasteiger partial charge in [0.25, 0.3) is 10.0 Å². The van der Waals surface area contributed by atoms with Gasteiger partial charge in [-0.15, -0.1) is 0 Å². The molecular formula is C20H18FNO4S. The smallest absolute Gasteiger partial charge is 0.338 e. The van der Waals surface area contributed by atoms with Crippen LogP contribution in [0.5, 0.6) is 0 Å². The van der Waals surface area contributed by atoms with Crippen molar-refractivity contribution in [2.45, 2.75) is 18.2 Å². The van der Waals surface area contributed by atoms with Gasteiger partial charge in [-0.2, -0.15) is 0 Å². The van der Waals surface area contributed by atoms with Gasteiger partial charge in [0.2, 0.25) is 0 Å². The number of aromatic carboxylic acids is 1. The third-order valence-electron chi connectivity index (χ3n) is 4.22. The first kappa shape index (κ1) is 18.8. The molecule has 0 fully saturated rings. The highest BCUT2D eigenvalue weighted by Gasteiger charge is 2.29. The number of halogens is 1. The van der Waals surface area contributed by atoms with E-state index in [1.54, 1.807) is 37.3 Å². The number of rotatable bonds is 6. The van der Waals surface area contributed by atoms with Crippen molar-refractivity contribution in [3.8, 4) is 0 Å². The van der Waals surface area contributed by atoms with Crippen LogP contribution >= 0.6 is 0 Å². The Labute approximate surface area is 156 Å². The van der Waals surface area contributed by atoms with Crippen molar-refractivity contribution < 1.29 is 22.7 Å². The molecule has 0 saturated carbocycles. The van der Waals surface area contributed by atoms with E-state index in [2.05, 4.69) is 0 Å². The maximum Gasteiger partial charge on any atom is 0.338 e. The Morgan fingerprint density at radius 3 is 2.33 bits per heavy atom. The maximum absolute atomic E-state index is 13.2. The summed E-state index contributed by atoms with van der Waals surface area (Å²) in [6.07, 6.45) is 0.478. The predicted molar refractivity (Wildman–Crippen MR) is 102 cm³/mol. The zero-order valence-corrected chi connectivity index (χ0v) is 15.4. The fourth-order valence-corrected chi connectivity index (χ4v) is 4.57. The summed E-state index contributed by atoms with van der Waals surface area (Å²) in [4.78, 5) is 11.9. The average Bonchev–Trinajstić information content (AvgIpc) is 2.65. The Hall–Kier alpha value is -2.93. The van der Waals surface area contributed by atoms with Crippen LogP contribution in [-0.4, -0.2) is 26.0 Å². The van der Waals surface area contributed by atoms with Crippen LogP contribution in [0.15, 0.2) is 65.6 Å². The topological polar surface area (TPSA) is 74.7 Å². The second-order valence-electron chi connectivity index (χ2n) is 6.02. The summed E-state index contributed by atoms with van der Waals surface area (Å²) < 4.78 is 40.6. The maximum atomic E-state index is 13.2. The van der Waals surface area contributed by atoms with Gasteiger partial charge in [0.1, 0.15) is 5.82 Å². The van der Waals surface area contributed by atoms with E-state index in [0.717, 1.165) is 16.4 Å². The molecule has 0 aromatic heterocycles. The van der Waals surface area contributed by atoms with Crippen LogP contribution in [-0.2, 0) is 10.0 Å². The van der Waals surface area contributed by atoms with E-state index in [0.29, 0.717) is 17.2 Å². The molecule has 1 N–H and O–H groups in total. The number of nitrogens with zero attached hydrogens (tertiary/aromatic N) is 1. The van der Waals surface area contributed by atoms with Crippen molar-refractivity contribution in [1.29, 1.82) is 0 Å². The highest BCUT2D eigenvalue weighted by Crippen LogP contribution is 2.33. The van der Waals surface area contributed by atoms with Crippen molar-refractivity contribution in [3.63, 3.8) is 0 Å². The third kappa shape index (κ3) is 3.50. The molecule has 7 heteroatoms. The van der Waals surface area contributed by atoms with Gasteiger partial charge >= 0.3 is 5.97 Å². The zero-order valence-electron chi connectivity index (χ0n) is 14.6. The van der Waals surface area contributed by atoms with Crippen LogP contribution in [0.25, 0.3) is 10.8 Å². The molecule has 0 atom stereocenters. The molecule has 3 rings (SSSR count). The third-order valence-corrected chi connectivity index (χ3v) is 6.05. The molecule has 0 bridgehead atoms. The quantitative estimate of drug-likeness (QED) is 0.685. The monoisotopic (exact) mass is 387 g/mol. The van der Waals surface area contributed by atoms with Crippen molar-refractivity contribution in [1.82, 2.24) is 0 Å². The van der Waals surface area contributed by atoms with E-state index in [9.17, 15) is 22.7 Å². The van der Waals surface area contributed by atoms with E-state index in [1.807, 2.05) is 0 Å². The molecule has 0 amide bonds. The Balaban J connectivity index is 2.25. The lowest BCUT2D eigenvalue weighted by molar-refractivity contribution is 0.0700. The molecular weight excluding hydrogens is 369 g/mol. The number of carboxylic acids is 1. The Bertz CT molecular complexity index is 1090. The number of hydrogen-bond donors (Lipinski definition) is 1. The van der Waals surface area contributed by atoms with Crippen LogP contribution in [0.3, 0.4) is 0 Å². The number of benzene rings is 3. The number of fused-ring (bicyclic) bond motifs is 1. The first-order valence-corrected chi connectivity index (χ1v) is 9.83. The van der Waals surface area contributed by atoms with E-state index in [1.165, 1.54) is 18.2 Å². The largest absolute Gasteiger partial charge is 0.478 e. The van der Waals surface area contributed by atoms with E-state index in [-0.39, 0.29) is 22.7 Å². The fourth-order valence-electron chi connectivity index (χ4n) is 3.00. The highest BCUT2D eigenvalue weighted by atomic mass is 32.2. The van der Waals surface area contributed by atoms with Gasteiger partial charge in [0, 0.05) is 6.54 Å². The molecule has 0 aliphatic rings. The number of sulfonamides is 1. The van der Waals surface area contributed by atoms with Gasteiger partial charge in [-0.1, -0.05) is 37.3 Å². The molecule has 0 saturated heterocycles. The molecule has 0 spiro atoms. The summed E-state index contributed by atoms with van der Waals surface area (Å²) in [5.74, 6) is -1.76. The zero-order chi connectivity index (χ0) is 19.6. The second kappa shape index (κ2) is 7.36. The standard InChI is InChI=1S/C20H18FNO4S/c1-2-13-22(27(25,26)16-10-8-15(21)9-11-16)18-12-7-14-5-3-4-6-17(14)19(18)20(23)24/h3-12H,2,13H2,1H3,(H,23,24). The van der Waals surface area contributed by atoms with Crippen LogP contribution in [0.2, 0.25) is 0 Å². The van der Waals surface area contributed by atoms with E-state index >= 15 is 0 Å². The van der Waals surface area contributed by atoms with Gasteiger partial charge in [-0.25, -0.2) is 17.6 Å². The Kier molecular flexibility index (Phi) is 5.14. The van der Waals surface area contributed by atoms with Crippen molar-refractivity contribution in [2.24, 2.45) is 0 Å². The highest BCUT2D eigenvalue weighted by molar-refractivity contribution is 7.92. The molecule has 0 heterocycles. The number of carboxylic acid groups (broad SMARTS) is 1. The lowest BCUT2D eigenvalue weighted by Crippen LogP contribution is -2.33. The SMILES string of the molecule is CCCN(c1ccc2ccccc2c1C(=O)O)S(=O)(=O)c1ccc(F)cc1. The Morgan fingerprint density at radius 2 is 1.70 bits per heavy atom. The van der Waals surface area contributed by atoms with Crippen molar-refractivity contribution >= 4 is 32.5 Å². The lowest BCUT2D eigenvalue weighted by atomic mass is 10.0. The van der Waals surface area contributed by atoms with Gasteiger partial charge in [0.05, 0.1) is 16.1 Å². The molecule has 3 aromatic rings. The van der Waals surface area contributed by atoms with Crippen molar-refractivity contribution in [2.75, 3.05) is 10.8 Å². The fraction of sp³-hybridized carbons (Fsp3) is 0.150.